The predicted molar refractivity (Wildman–Crippen MR) is 82.1 cm³/mol. The SMILES string of the molecule is COC(OC)[C@H]1O[C@H](C(=O)O)[C@@H](OCc2ccccc2)[C@H]1N=[N+]=[N-]. The number of carboxylic acids is 1. The molecule has 0 aromatic heterocycles. The maximum atomic E-state index is 11.5. The van der Waals surface area contributed by atoms with E-state index in [1.54, 1.807) is 0 Å². The van der Waals surface area contributed by atoms with Crippen LogP contribution < -0.4 is 0 Å². The third kappa shape index (κ3) is 4.02. The summed E-state index contributed by atoms with van der Waals surface area (Å²) in [6.45, 7) is 0.160. The first-order chi connectivity index (χ1) is 11.6. The number of nitrogens with zero attached hydrogens (tertiary/aromatic N) is 3. The Hall–Kier alpha value is -2.16. The van der Waals surface area contributed by atoms with E-state index in [9.17, 15) is 9.90 Å². The van der Waals surface area contributed by atoms with Crippen molar-refractivity contribution in [3.8, 4) is 0 Å². The first kappa shape index (κ1) is 18.2. The third-order valence-corrected chi connectivity index (χ3v) is 3.72. The molecule has 4 atom stereocenters. The van der Waals surface area contributed by atoms with Gasteiger partial charge in [0.2, 0.25) is 0 Å². The van der Waals surface area contributed by atoms with Gasteiger partial charge in [-0.3, -0.25) is 0 Å². The summed E-state index contributed by atoms with van der Waals surface area (Å²) in [4.78, 5) is 14.3. The predicted octanol–water partition coefficient (Wildman–Crippen LogP) is 1.72. The molecule has 0 saturated carbocycles. The van der Waals surface area contributed by atoms with Crippen LogP contribution in [0.3, 0.4) is 0 Å². The topological polar surface area (TPSA) is 123 Å². The number of rotatable bonds is 8. The summed E-state index contributed by atoms with van der Waals surface area (Å²) >= 11 is 0. The molecule has 130 valence electrons. The molecule has 9 heteroatoms. The van der Waals surface area contributed by atoms with Crippen LogP contribution in [0, 0.1) is 0 Å². The van der Waals surface area contributed by atoms with E-state index < -0.39 is 36.6 Å². The van der Waals surface area contributed by atoms with Crippen molar-refractivity contribution in [2.45, 2.75) is 37.3 Å². The Bertz CT molecular complexity index is 588. The van der Waals surface area contributed by atoms with Crippen molar-refractivity contribution in [3.63, 3.8) is 0 Å². The Labute approximate surface area is 138 Å². The lowest BCUT2D eigenvalue weighted by molar-refractivity contribution is -0.186. The van der Waals surface area contributed by atoms with Gasteiger partial charge in [-0.05, 0) is 11.1 Å². The van der Waals surface area contributed by atoms with Crippen molar-refractivity contribution in [2.24, 2.45) is 5.11 Å². The fourth-order valence-corrected chi connectivity index (χ4v) is 2.63. The molecule has 0 spiro atoms. The second kappa shape index (κ2) is 8.62. The van der Waals surface area contributed by atoms with Crippen molar-refractivity contribution in [1.29, 1.82) is 0 Å². The molecule has 1 aliphatic rings. The van der Waals surface area contributed by atoms with Crippen LogP contribution in [0.2, 0.25) is 0 Å². The van der Waals surface area contributed by atoms with Gasteiger partial charge in [-0.2, -0.15) is 0 Å². The molecule has 0 amide bonds. The van der Waals surface area contributed by atoms with Gasteiger partial charge in [-0.15, -0.1) is 0 Å². The fraction of sp³-hybridized carbons (Fsp3) is 0.533. The minimum atomic E-state index is -1.29. The van der Waals surface area contributed by atoms with Crippen molar-refractivity contribution in [3.05, 3.63) is 46.3 Å². The van der Waals surface area contributed by atoms with E-state index >= 15 is 0 Å². The second-order valence-electron chi connectivity index (χ2n) is 5.16. The van der Waals surface area contributed by atoms with Gasteiger partial charge in [0.1, 0.15) is 12.2 Å². The molecule has 9 nitrogen and oxygen atoms in total. The minimum Gasteiger partial charge on any atom is -0.479 e. The number of benzene rings is 1. The Balaban J connectivity index is 2.22. The van der Waals surface area contributed by atoms with Gasteiger partial charge in [-0.1, -0.05) is 35.4 Å². The molecule has 1 N–H and O–H groups in total. The summed E-state index contributed by atoms with van der Waals surface area (Å²) < 4.78 is 21.4. The molecule has 0 radical (unpaired) electrons. The number of methoxy groups -OCH3 is 2. The van der Waals surface area contributed by atoms with E-state index in [2.05, 4.69) is 10.0 Å². The maximum absolute atomic E-state index is 11.5. The van der Waals surface area contributed by atoms with E-state index in [-0.39, 0.29) is 6.61 Å². The van der Waals surface area contributed by atoms with Crippen molar-refractivity contribution < 1.29 is 28.8 Å². The van der Waals surface area contributed by atoms with E-state index in [1.165, 1.54) is 14.2 Å². The number of azide groups is 1. The standard InChI is InChI=1S/C15H19N3O6/c1-21-15(22-2)12-10(17-18-16)11(13(24-12)14(19)20)23-8-9-6-4-3-5-7-9/h3-7,10-13,15H,8H2,1-2H3,(H,19,20)/t10-,11+,12+,13+/m1/s1. The zero-order chi connectivity index (χ0) is 17.5. The summed E-state index contributed by atoms with van der Waals surface area (Å²) in [7, 11) is 2.78. The molecule has 0 aliphatic carbocycles. The Morgan fingerprint density at radius 2 is 2.04 bits per heavy atom. The highest BCUT2D eigenvalue weighted by Crippen LogP contribution is 2.31. The quantitative estimate of drug-likeness (QED) is 0.333. The number of aliphatic carboxylic acids is 1. The summed E-state index contributed by atoms with van der Waals surface area (Å²) in [5.41, 5.74) is 9.68. The molecule has 1 fully saturated rings. The van der Waals surface area contributed by atoms with Gasteiger partial charge < -0.3 is 24.1 Å². The summed E-state index contributed by atoms with van der Waals surface area (Å²) in [5, 5.41) is 13.0. The molecule has 0 unspecified atom stereocenters. The third-order valence-electron chi connectivity index (χ3n) is 3.72. The maximum Gasteiger partial charge on any atom is 0.335 e. The molecular formula is C15H19N3O6. The monoisotopic (exact) mass is 337 g/mol. The van der Waals surface area contributed by atoms with Crippen LogP contribution in [0.5, 0.6) is 0 Å². The molecule has 1 aliphatic heterocycles. The van der Waals surface area contributed by atoms with E-state index in [1.807, 2.05) is 30.3 Å². The number of hydrogen-bond donors (Lipinski definition) is 1. The van der Waals surface area contributed by atoms with Crippen molar-refractivity contribution in [1.82, 2.24) is 0 Å². The van der Waals surface area contributed by atoms with E-state index in [0.717, 1.165) is 5.56 Å². The van der Waals surface area contributed by atoms with E-state index in [0.29, 0.717) is 0 Å². The summed E-state index contributed by atoms with van der Waals surface area (Å²) in [5.74, 6) is -1.21. The van der Waals surface area contributed by atoms with Gasteiger partial charge in [0.15, 0.2) is 12.4 Å². The minimum absolute atomic E-state index is 0.160. The van der Waals surface area contributed by atoms with Crippen LogP contribution in [0.15, 0.2) is 35.4 Å². The van der Waals surface area contributed by atoms with Crippen molar-refractivity contribution in [2.75, 3.05) is 14.2 Å². The largest absolute Gasteiger partial charge is 0.479 e. The molecule has 1 aromatic rings. The first-order valence-electron chi connectivity index (χ1n) is 7.26. The normalized spacial score (nSPS) is 26.3. The number of ether oxygens (including phenoxy) is 4. The molecule has 24 heavy (non-hydrogen) atoms. The van der Waals surface area contributed by atoms with Gasteiger partial charge in [0.05, 0.1) is 12.6 Å². The summed E-state index contributed by atoms with van der Waals surface area (Å²) in [6.07, 6.45) is -4.02. The molecule has 0 bridgehead atoms. The number of carboxylic acid groups (broad SMARTS) is 1. The average molecular weight is 337 g/mol. The van der Waals surface area contributed by atoms with E-state index in [4.69, 9.17) is 24.5 Å². The molecule has 2 rings (SSSR count). The molecule has 1 aromatic carbocycles. The van der Waals surface area contributed by atoms with Crippen LogP contribution in [0.1, 0.15) is 5.56 Å². The van der Waals surface area contributed by atoms with Gasteiger partial charge in [0, 0.05) is 19.1 Å². The van der Waals surface area contributed by atoms with Crippen LogP contribution >= 0.6 is 0 Å². The average Bonchev–Trinajstić information content (AvgIpc) is 2.94. The lowest BCUT2D eigenvalue weighted by Gasteiger charge is -2.24. The molecular weight excluding hydrogens is 318 g/mol. The van der Waals surface area contributed by atoms with Crippen LogP contribution in [-0.2, 0) is 30.3 Å². The Morgan fingerprint density at radius 1 is 1.38 bits per heavy atom. The Kier molecular flexibility index (Phi) is 6.53. The summed E-state index contributed by atoms with van der Waals surface area (Å²) in [6, 6.07) is 8.35. The Morgan fingerprint density at radius 3 is 2.58 bits per heavy atom. The zero-order valence-corrected chi connectivity index (χ0v) is 13.3. The van der Waals surface area contributed by atoms with Gasteiger partial charge >= 0.3 is 5.97 Å². The zero-order valence-electron chi connectivity index (χ0n) is 13.3. The smallest absolute Gasteiger partial charge is 0.335 e. The van der Waals surface area contributed by atoms with Gasteiger partial charge in [-0.25, -0.2) is 4.79 Å². The lowest BCUT2D eigenvalue weighted by Crippen LogP contribution is -2.41. The first-order valence-corrected chi connectivity index (χ1v) is 7.26. The number of hydrogen-bond acceptors (Lipinski definition) is 6. The highest BCUT2D eigenvalue weighted by Gasteiger charge is 2.51. The van der Waals surface area contributed by atoms with Crippen molar-refractivity contribution >= 4 is 5.97 Å². The number of carbonyl (C=O) groups is 1. The highest BCUT2D eigenvalue weighted by molar-refractivity contribution is 5.74. The second-order valence-corrected chi connectivity index (χ2v) is 5.16. The fourth-order valence-electron chi connectivity index (χ4n) is 2.63. The molecule has 1 heterocycles. The highest BCUT2D eigenvalue weighted by atomic mass is 16.7. The molecule has 1 saturated heterocycles. The lowest BCUT2D eigenvalue weighted by atomic mass is 10.0. The van der Waals surface area contributed by atoms with Gasteiger partial charge in [0.25, 0.3) is 0 Å². The van der Waals surface area contributed by atoms with Crippen LogP contribution in [0.4, 0.5) is 0 Å². The van der Waals surface area contributed by atoms with Crippen LogP contribution in [0.25, 0.3) is 10.4 Å². The van der Waals surface area contributed by atoms with Crippen LogP contribution in [-0.4, -0.2) is 55.9 Å².